The Morgan fingerprint density at radius 3 is 3.19 bits per heavy atom. The molecule has 110 valence electrons. The monoisotopic (exact) mass is 287 g/mol. The second-order valence-corrected chi connectivity index (χ2v) is 5.83. The van der Waals surface area contributed by atoms with Gasteiger partial charge < -0.3 is 14.5 Å². The number of carbonyl (C=O) groups excluding carboxylic acids is 2. The van der Waals surface area contributed by atoms with Gasteiger partial charge in [0, 0.05) is 31.9 Å². The number of carbonyl (C=O) groups is 2. The van der Waals surface area contributed by atoms with Gasteiger partial charge in [-0.25, -0.2) is 0 Å². The summed E-state index contributed by atoms with van der Waals surface area (Å²) < 4.78 is 5.89. The van der Waals surface area contributed by atoms with Gasteiger partial charge in [0.2, 0.25) is 11.8 Å². The van der Waals surface area contributed by atoms with E-state index in [9.17, 15) is 9.59 Å². The summed E-state index contributed by atoms with van der Waals surface area (Å²) in [5.41, 5.74) is 0.360. The molecule has 1 spiro atoms. The van der Waals surface area contributed by atoms with Gasteiger partial charge in [-0.3, -0.25) is 14.6 Å². The lowest BCUT2D eigenvalue weighted by molar-refractivity contribution is -0.139. The van der Waals surface area contributed by atoms with Crippen LogP contribution in [0.15, 0.2) is 24.5 Å². The fourth-order valence-corrected chi connectivity index (χ4v) is 3.87. The number of pyridine rings is 1. The van der Waals surface area contributed by atoms with Crippen LogP contribution in [0.1, 0.15) is 18.4 Å². The molecule has 6 nitrogen and oxygen atoms in total. The van der Waals surface area contributed by atoms with Crippen LogP contribution in [0.5, 0.6) is 0 Å². The van der Waals surface area contributed by atoms with E-state index < -0.39 is 5.72 Å². The van der Waals surface area contributed by atoms with Crippen LogP contribution in [-0.4, -0.2) is 58.1 Å². The van der Waals surface area contributed by atoms with E-state index in [-0.39, 0.29) is 17.9 Å². The van der Waals surface area contributed by atoms with Gasteiger partial charge in [0.1, 0.15) is 0 Å². The minimum Gasteiger partial charge on any atom is -0.351 e. The van der Waals surface area contributed by atoms with Gasteiger partial charge in [0.25, 0.3) is 0 Å². The third-order valence-electron chi connectivity index (χ3n) is 4.80. The second kappa shape index (κ2) is 4.53. The first kappa shape index (κ1) is 12.8. The molecule has 4 rings (SSSR count). The number of aromatic nitrogens is 1. The number of hydrogen-bond acceptors (Lipinski definition) is 4. The van der Waals surface area contributed by atoms with Gasteiger partial charge in [-0.2, -0.15) is 0 Å². The minimum absolute atomic E-state index is 0.0509. The van der Waals surface area contributed by atoms with Crippen molar-refractivity contribution >= 4 is 11.8 Å². The molecule has 4 heterocycles. The van der Waals surface area contributed by atoms with Crippen LogP contribution in [-0.2, 0) is 20.7 Å². The third kappa shape index (κ3) is 1.78. The highest BCUT2D eigenvalue weighted by Crippen LogP contribution is 2.45. The van der Waals surface area contributed by atoms with Crippen LogP contribution in [0, 0.1) is 0 Å². The predicted molar refractivity (Wildman–Crippen MR) is 73.1 cm³/mol. The summed E-state index contributed by atoms with van der Waals surface area (Å²) in [7, 11) is 0. The number of rotatable bonds is 2. The van der Waals surface area contributed by atoms with Crippen molar-refractivity contribution in [2.75, 3.05) is 19.7 Å². The van der Waals surface area contributed by atoms with E-state index in [1.54, 1.807) is 12.4 Å². The van der Waals surface area contributed by atoms with Crippen molar-refractivity contribution in [3.8, 4) is 0 Å². The molecule has 3 aliphatic rings. The van der Waals surface area contributed by atoms with Gasteiger partial charge in [-0.1, -0.05) is 6.07 Å². The van der Waals surface area contributed by atoms with E-state index in [0.717, 1.165) is 12.0 Å². The van der Waals surface area contributed by atoms with E-state index >= 15 is 0 Å². The first-order valence-corrected chi connectivity index (χ1v) is 7.33. The highest BCUT2D eigenvalue weighted by molar-refractivity contribution is 5.85. The maximum atomic E-state index is 12.6. The van der Waals surface area contributed by atoms with Gasteiger partial charge in [-0.05, 0) is 11.6 Å². The summed E-state index contributed by atoms with van der Waals surface area (Å²) in [6, 6.07) is 3.60. The Labute approximate surface area is 122 Å². The summed E-state index contributed by atoms with van der Waals surface area (Å²) in [6.45, 7) is 1.89. The van der Waals surface area contributed by atoms with Crippen molar-refractivity contribution in [2.45, 2.75) is 31.0 Å². The average Bonchev–Trinajstić information content (AvgIpc) is 3.11. The molecule has 3 fully saturated rings. The number of amides is 2. The first-order valence-electron chi connectivity index (χ1n) is 7.33. The fourth-order valence-electron chi connectivity index (χ4n) is 3.87. The average molecular weight is 287 g/mol. The number of nitrogens with zero attached hydrogens (tertiary/aromatic N) is 3. The molecule has 0 aliphatic carbocycles. The number of ether oxygens (including phenoxy) is 1. The van der Waals surface area contributed by atoms with Crippen molar-refractivity contribution in [1.29, 1.82) is 0 Å². The third-order valence-corrected chi connectivity index (χ3v) is 4.80. The van der Waals surface area contributed by atoms with E-state index in [0.29, 0.717) is 32.5 Å². The van der Waals surface area contributed by atoms with Crippen LogP contribution in [0.25, 0.3) is 0 Å². The van der Waals surface area contributed by atoms with E-state index in [1.165, 1.54) is 0 Å². The maximum absolute atomic E-state index is 12.6. The molecule has 0 bridgehead atoms. The molecule has 2 amide bonds. The van der Waals surface area contributed by atoms with Crippen LogP contribution in [0.2, 0.25) is 0 Å². The van der Waals surface area contributed by atoms with Crippen molar-refractivity contribution in [3.63, 3.8) is 0 Å². The van der Waals surface area contributed by atoms with E-state index in [4.69, 9.17) is 4.74 Å². The normalized spacial score (nSPS) is 30.7. The van der Waals surface area contributed by atoms with Gasteiger partial charge in [0.05, 0.1) is 25.5 Å². The summed E-state index contributed by atoms with van der Waals surface area (Å²) in [5.74, 6) is 0.159. The SMILES string of the molecule is O=C(Cc1cccnc1)N1CC[C@@]23OCCN2C(=O)C[C@@H]13. The first-order chi connectivity index (χ1) is 10.2. The Morgan fingerprint density at radius 1 is 1.48 bits per heavy atom. The molecule has 0 aromatic carbocycles. The van der Waals surface area contributed by atoms with Crippen LogP contribution < -0.4 is 0 Å². The van der Waals surface area contributed by atoms with Crippen LogP contribution >= 0.6 is 0 Å². The summed E-state index contributed by atoms with van der Waals surface area (Å²) >= 11 is 0. The van der Waals surface area contributed by atoms with Crippen LogP contribution in [0.3, 0.4) is 0 Å². The zero-order valence-electron chi connectivity index (χ0n) is 11.7. The molecule has 0 N–H and O–H groups in total. The highest BCUT2D eigenvalue weighted by Gasteiger charge is 2.62. The Bertz CT molecular complexity index is 591. The smallest absolute Gasteiger partial charge is 0.227 e. The van der Waals surface area contributed by atoms with E-state index in [1.807, 2.05) is 21.9 Å². The van der Waals surface area contributed by atoms with Gasteiger partial charge >= 0.3 is 0 Å². The second-order valence-electron chi connectivity index (χ2n) is 5.83. The van der Waals surface area contributed by atoms with Gasteiger partial charge in [-0.15, -0.1) is 0 Å². The molecular weight excluding hydrogens is 270 g/mol. The maximum Gasteiger partial charge on any atom is 0.227 e. The molecule has 0 radical (unpaired) electrons. The Hall–Kier alpha value is -1.95. The molecule has 3 saturated heterocycles. The lowest BCUT2D eigenvalue weighted by Gasteiger charge is -2.31. The summed E-state index contributed by atoms with van der Waals surface area (Å²) in [5, 5.41) is 0. The van der Waals surface area contributed by atoms with Crippen molar-refractivity contribution in [3.05, 3.63) is 30.1 Å². The molecule has 1 aromatic rings. The van der Waals surface area contributed by atoms with E-state index in [2.05, 4.69) is 4.98 Å². The predicted octanol–water partition coefficient (Wildman–Crippen LogP) is 0.184. The van der Waals surface area contributed by atoms with Crippen molar-refractivity contribution in [1.82, 2.24) is 14.8 Å². The quantitative estimate of drug-likeness (QED) is 0.778. The fraction of sp³-hybridized carbons (Fsp3) is 0.533. The number of hydrogen-bond donors (Lipinski definition) is 0. The summed E-state index contributed by atoms with van der Waals surface area (Å²) in [4.78, 5) is 32.3. The Morgan fingerprint density at radius 2 is 2.38 bits per heavy atom. The number of likely N-dealkylation sites (tertiary alicyclic amines) is 1. The molecule has 0 saturated carbocycles. The topological polar surface area (TPSA) is 62.7 Å². The zero-order valence-corrected chi connectivity index (χ0v) is 11.7. The Kier molecular flexibility index (Phi) is 2.75. The molecular formula is C15H17N3O3. The molecule has 1 aromatic heterocycles. The lowest BCUT2D eigenvalue weighted by atomic mass is 10.1. The van der Waals surface area contributed by atoms with Crippen molar-refractivity contribution in [2.24, 2.45) is 0 Å². The largest absolute Gasteiger partial charge is 0.351 e. The zero-order chi connectivity index (χ0) is 14.4. The Balaban J connectivity index is 1.55. The standard InChI is InChI=1S/C15H17N3O3/c19-13(8-11-2-1-4-16-10-11)17-5-3-15-12(17)9-14(20)18(15)6-7-21-15/h1-2,4,10,12H,3,5-9H2/t12-,15+/m1/s1. The molecule has 21 heavy (non-hydrogen) atoms. The highest BCUT2D eigenvalue weighted by atomic mass is 16.5. The van der Waals surface area contributed by atoms with Gasteiger partial charge in [0.15, 0.2) is 5.72 Å². The minimum atomic E-state index is -0.540. The summed E-state index contributed by atoms with van der Waals surface area (Å²) in [6.07, 6.45) is 4.84. The molecule has 6 heteroatoms. The molecule has 0 unspecified atom stereocenters. The van der Waals surface area contributed by atoms with Crippen LogP contribution in [0.4, 0.5) is 0 Å². The molecule has 2 atom stereocenters. The lowest BCUT2D eigenvalue weighted by Crippen LogP contribution is -2.49. The van der Waals surface area contributed by atoms with Crippen molar-refractivity contribution < 1.29 is 14.3 Å². The molecule has 3 aliphatic heterocycles.